The van der Waals surface area contributed by atoms with E-state index in [0.29, 0.717) is 26.2 Å². The van der Waals surface area contributed by atoms with E-state index in [2.05, 4.69) is 30.8 Å². The number of nitrogens with one attached hydrogen (secondary N) is 4. The van der Waals surface area contributed by atoms with Crippen LogP contribution in [0.1, 0.15) is 68.8 Å². The standard InChI is InChI=1S/C29H30ClF5N8O3/c30-21-12-16(1-2-18(21)27(46)43-9-7-42(8-10-43)26(45)15-3-5-36-6-4-15)39-25(44)24-37-14-17(38-24)11-19-22(20-13-28(20,31)32)40-41-23(19)29(33,34)35/h1-2,12,14-15,20,36H,3-11,13H2,(H,37,38)(H,39,44)(H,40,41)/t20-/m0/s1. The minimum absolute atomic E-state index is 0.00296. The number of imidazole rings is 1. The molecule has 1 aromatic carbocycles. The van der Waals surface area contributed by atoms with E-state index in [1.807, 2.05) is 0 Å². The quantitative estimate of drug-likeness (QED) is 0.280. The monoisotopic (exact) mass is 668 g/mol. The number of piperidine rings is 1. The first kappa shape index (κ1) is 31.9. The van der Waals surface area contributed by atoms with Crippen LogP contribution in [-0.2, 0) is 17.4 Å². The molecule has 3 fully saturated rings. The zero-order valence-electron chi connectivity index (χ0n) is 24.3. The van der Waals surface area contributed by atoms with Gasteiger partial charge in [0.05, 0.1) is 16.5 Å². The van der Waals surface area contributed by atoms with Crippen LogP contribution < -0.4 is 10.6 Å². The Morgan fingerprint density at radius 3 is 2.37 bits per heavy atom. The first-order valence-corrected chi connectivity index (χ1v) is 15.2. The van der Waals surface area contributed by atoms with Gasteiger partial charge in [0.2, 0.25) is 5.91 Å². The number of nitrogens with zero attached hydrogens (tertiary/aromatic N) is 4. The summed E-state index contributed by atoms with van der Waals surface area (Å²) >= 11 is 6.41. The topological polar surface area (TPSA) is 139 Å². The van der Waals surface area contributed by atoms with Crippen LogP contribution in [0.2, 0.25) is 5.02 Å². The average molecular weight is 669 g/mol. The lowest BCUT2D eigenvalue weighted by molar-refractivity contribution is -0.141. The van der Waals surface area contributed by atoms with E-state index in [4.69, 9.17) is 11.6 Å². The van der Waals surface area contributed by atoms with Gasteiger partial charge in [-0.05, 0) is 44.1 Å². The zero-order valence-corrected chi connectivity index (χ0v) is 25.1. The molecule has 0 unspecified atom stereocenters. The van der Waals surface area contributed by atoms with Crippen molar-refractivity contribution in [1.29, 1.82) is 0 Å². The Morgan fingerprint density at radius 1 is 1.07 bits per heavy atom. The molecule has 2 saturated heterocycles. The summed E-state index contributed by atoms with van der Waals surface area (Å²) < 4.78 is 67.9. The number of carbonyl (C=O) groups excluding carboxylic acids is 3. The lowest BCUT2D eigenvalue weighted by atomic mass is 9.96. The molecular formula is C29H30ClF5N8O3. The molecule has 3 aliphatic rings. The Bertz CT molecular complexity index is 1640. The number of aromatic amines is 2. The summed E-state index contributed by atoms with van der Waals surface area (Å²) in [5.74, 6) is -5.68. The minimum atomic E-state index is -4.87. The number of hydrogen-bond donors (Lipinski definition) is 4. The van der Waals surface area contributed by atoms with Crippen molar-refractivity contribution in [2.75, 3.05) is 44.6 Å². The van der Waals surface area contributed by atoms with E-state index in [0.717, 1.165) is 32.1 Å². The summed E-state index contributed by atoms with van der Waals surface area (Å²) in [6, 6.07) is 4.32. The number of carbonyl (C=O) groups is 3. The molecule has 3 aromatic rings. The number of H-pyrrole nitrogens is 2. The molecule has 11 nitrogen and oxygen atoms in total. The maximum absolute atomic E-state index is 13.7. The number of benzene rings is 1. The first-order valence-electron chi connectivity index (χ1n) is 14.8. The van der Waals surface area contributed by atoms with Crippen LogP contribution in [0, 0.1) is 5.92 Å². The van der Waals surface area contributed by atoms with Gasteiger partial charge in [-0.3, -0.25) is 19.5 Å². The molecule has 0 bridgehead atoms. The van der Waals surface area contributed by atoms with Crippen molar-refractivity contribution >= 4 is 35.0 Å². The number of halogens is 6. The number of hydrogen-bond acceptors (Lipinski definition) is 6. The van der Waals surface area contributed by atoms with Gasteiger partial charge in [0.1, 0.15) is 0 Å². The predicted octanol–water partition coefficient (Wildman–Crippen LogP) is 4.05. The van der Waals surface area contributed by atoms with E-state index >= 15 is 0 Å². The Morgan fingerprint density at radius 2 is 1.74 bits per heavy atom. The SMILES string of the molecule is O=C(Nc1ccc(C(=O)N2CCN(C(=O)C3CCNCC3)CC2)c(Cl)c1)c1ncc(Cc2c(C(F)(F)F)n[nH]c2[C@@H]2CC2(F)F)[nH]1. The van der Waals surface area contributed by atoms with Crippen LogP contribution in [0.25, 0.3) is 0 Å². The predicted molar refractivity (Wildman–Crippen MR) is 155 cm³/mol. The Balaban J connectivity index is 1.07. The second-order valence-corrected chi connectivity index (χ2v) is 12.1. The highest BCUT2D eigenvalue weighted by Gasteiger charge is 2.60. The van der Waals surface area contributed by atoms with Gasteiger partial charge < -0.3 is 25.4 Å². The van der Waals surface area contributed by atoms with Crippen molar-refractivity contribution < 1.29 is 36.3 Å². The van der Waals surface area contributed by atoms with Crippen LogP contribution >= 0.6 is 11.6 Å². The van der Waals surface area contributed by atoms with E-state index in [1.54, 1.807) is 9.80 Å². The second kappa shape index (κ2) is 12.3. The van der Waals surface area contributed by atoms with Crippen LogP contribution in [-0.4, -0.2) is 92.9 Å². The van der Waals surface area contributed by atoms with Gasteiger partial charge in [-0.15, -0.1) is 0 Å². The molecule has 1 aliphatic carbocycles. The van der Waals surface area contributed by atoms with Crippen LogP contribution in [0.3, 0.4) is 0 Å². The highest BCUT2D eigenvalue weighted by Crippen LogP contribution is 2.56. The Hall–Kier alpha value is -4.05. The Kier molecular flexibility index (Phi) is 8.52. The van der Waals surface area contributed by atoms with E-state index in [1.165, 1.54) is 18.2 Å². The van der Waals surface area contributed by atoms with Crippen molar-refractivity contribution in [2.45, 2.75) is 43.7 Å². The lowest BCUT2D eigenvalue weighted by Gasteiger charge is -2.37. The van der Waals surface area contributed by atoms with Gasteiger partial charge in [0.15, 0.2) is 11.5 Å². The van der Waals surface area contributed by atoms with Gasteiger partial charge in [-0.1, -0.05) is 11.6 Å². The summed E-state index contributed by atoms with van der Waals surface area (Å²) in [5.41, 5.74) is -1.51. The highest BCUT2D eigenvalue weighted by molar-refractivity contribution is 6.34. The van der Waals surface area contributed by atoms with Crippen molar-refractivity contribution in [1.82, 2.24) is 35.3 Å². The van der Waals surface area contributed by atoms with Crippen LogP contribution in [0.15, 0.2) is 24.4 Å². The molecule has 1 atom stereocenters. The fraction of sp³-hybridized carbons (Fsp3) is 0.483. The summed E-state index contributed by atoms with van der Waals surface area (Å²) in [5, 5.41) is 11.2. The molecule has 1 saturated carbocycles. The van der Waals surface area contributed by atoms with Gasteiger partial charge in [-0.25, -0.2) is 13.8 Å². The fourth-order valence-electron chi connectivity index (χ4n) is 5.95. The van der Waals surface area contributed by atoms with Crippen LogP contribution in [0.5, 0.6) is 0 Å². The number of piperazine rings is 1. The molecule has 4 N–H and O–H groups in total. The zero-order chi connectivity index (χ0) is 32.8. The number of anilines is 1. The molecular weight excluding hydrogens is 639 g/mol. The largest absolute Gasteiger partial charge is 0.435 e. The third-order valence-corrected chi connectivity index (χ3v) is 8.89. The Labute approximate surface area is 264 Å². The van der Waals surface area contributed by atoms with Crippen molar-refractivity contribution in [2.24, 2.45) is 5.92 Å². The van der Waals surface area contributed by atoms with Gasteiger partial charge in [0.25, 0.3) is 17.7 Å². The molecule has 6 rings (SSSR count). The maximum Gasteiger partial charge on any atom is 0.435 e. The summed E-state index contributed by atoms with van der Waals surface area (Å²) in [6.07, 6.45) is -3.17. The normalized spacial score (nSPS) is 20.1. The smallest absolute Gasteiger partial charge is 0.339 e. The lowest BCUT2D eigenvalue weighted by Crippen LogP contribution is -2.52. The summed E-state index contributed by atoms with van der Waals surface area (Å²) in [7, 11) is 0. The van der Waals surface area contributed by atoms with Gasteiger partial charge in [-0.2, -0.15) is 18.3 Å². The molecule has 246 valence electrons. The van der Waals surface area contributed by atoms with Crippen LogP contribution in [0.4, 0.5) is 27.6 Å². The van der Waals surface area contributed by atoms with Crippen molar-refractivity contribution in [3.05, 3.63) is 63.5 Å². The molecule has 0 radical (unpaired) electrons. The third-order valence-electron chi connectivity index (χ3n) is 8.58. The average Bonchev–Trinajstić information content (AvgIpc) is 3.34. The molecule has 3 amide bonds. The minimum Gasteiger partial charge on any atom is -0.339 e. The van der Waals surface area contributed by atoms with E-state index in [9.17, 15) is 36.3 Å². The number of alkyl halides is 5. The third kappa shape index (κ3) is 6.58. The van der Waals surface area contributed by atoms with Crippen molar-refractivity contribution in [3.63, 3.8) is 0 Å². The summed E-state index contributed by atoms with van der Waals surface area (Å²) in [4.78, 5) is 48.8. The second-order valence-electron chi connectivity index (χ2n) is 11.7. The first-order chi connectivity index (χ1) is 21.8. The molecule has 17 heteroatoms. The molecule has 0 spiro atoms. The highest BCUT2D eigenvalue weighted by atomic mass is 35.5. The number of amides is 3. The van der Waals surface area contributed by atoms with Gasteiger partial charge in [0, 0.05) is 73.8 Å². The molecule has 2 aliphatic heterocycles. The van der Waals surface area contributed by atoms with Crippen molar-refractivity contribution in [3.8, 4) is 0 Å². The van der Waals surface area contributed by atoms with Gasteiger partial charge >= 0.3 is 6.18 Å². The summed E-state index contributed by atoms with van der Waals surface area (Å²) in [6.45, 7) is 3.21. The molecule has 4 heterocycles. The van der Waals surface area contributed by atoms with E-state index < -0.39 is 48.0 Å². The van der Waals surface area contributed by atoms with E-state index in [-0.39, 0.29) is 51.2 Å². The molecule has 2 aromatic heterocycles. The number of rotatable bonds is 7. The molecule has 46 heavy (non-hydrogen) atoms. The number of aromatic nitrogens is 4. The maximum atomic E-state index is 13.7. The fourth-order valence-corrected chi connectivity index (χ4v) is 6.21.